The molecule has 8 aromatic rings. The van der Waals surface area contributed by atoms with E-state index in [-0.39, 0.29) is 0 Å². The zero-order valence-electron chi connectivity index (χ0n) is 23.1. The molecule has 0 aliphatic rings. The fraction of sp³-hybridized carbons (Fsp3) is 0. The summed E-state index contributed by atoms with van der Waals surface area (Å²) >= 11 is 0. The van der Waals surface area contributed by atoms with Gasteiger partial charge in [-0.25, -0.2) is 9.97 Å². The number of fused-ring (bicyclic) bond motifs is 2. The highest BCUT2D eigenvalue weighted by Crippen LogP contribution is 2.39. The van der Waals surface area contributed by atoms with Crippen LogP contribution in [0, 0.1) is 0 Å². The van der Waals surface area contributed by atoms with Gasteiger partial charge in [0.05, 0.1) is 22.4 Å². The first-order valence-electron chi connectivity index (χ1n) is 14.2. The predicted molar refractivity (Wildman–Crippen MR) is 172 cm³/mol. The molecule has 6 aromatic carbocycles. The Morgan fingerprint density at radius 1 is 0.349 bits per heavy atom. The molecule has 0 saturated carbocycles. The van der Waals surface area contributed by atoms with Gasteiger partial charge >= 0.3 is 0 Å². The van der Waals surface area contributed by atoms with Gasteiger partial charge in [-0.05, 0) is 58.3 Å². The SMILES string of the molecule is c1ccc(-c2nnc(-c3ccc(-c4ccc(-c5nc6ccccc6nc5-c5ccccc5)c5ccccc45)cc3)o2)cc1. The minimum absolute atomic E-state index is 0.494. The third kappa shape index (κ3) is 4.53. The van der Waals surface area contributed by atoms with E-state index in [0.29, 0.717) is 11.8 Å². The van der Waals surface area contributed by atoms with E-state index in [1.165, 1.54) is 0 Å². The van der Waals surface area contributed by atoms with E-state index in [1.54, 1.807) is 0 Å². The maximum absolute atomic E-state index is 5.98. The number of rotatable bonds is 5. The summed E-state index contributed by atoms with van der Waals surface area (Å²) in [6.45, 7) is 0. The molecule has 0 radical (unpaired) electrons. The highest BCUT2D eigenvalue weighted by atomic mass is 16.4. The summed E-state index contributed by atoms with van der Waals surface area (Å²) < 4.78 is 5.98. The standard InChI is InChI=1S/C38H24N4O/c1-3-11-26(12-4-1)35-36(40-34-18-10-9-17-33(34)39-35)32-24-23-29(30-15-7-8-16-31(30)32)25-19-21-28(22-20-25)38-42-41-37(43-38)27-13-5-2-6-14-27/h1-24H. The highest BCUT2D eigenvalue weighted by Gasteiger charge is 2.17. The van der Waals surface area contributed by atoms with Crippen molar-refractivity contribution in [3.05, 3.63) is 146 Å². The van der Waals surface area contributed by atoms with Crippen LogP contribution in [0.5, 0.6) is 0 Å². The van der Waals surface area contributed by atoms with Gasteiger partial charge in [-0.3, -0.25) is 0 Å². The fourth-order valence-corrected chi connectivity index (χ4v) is 5.57. The molecule has 2 aromatic heterocycles. The molecule has 8 rings (SSSR count). The molecule has 5 heteroatoms. The van der Waals surface area contributed by atoms with E-state index in [1.807, 2.05) is 84.9 Å². The van der Waals surface area contributed by atoms with Crippen molar-refractivity contribution in [2.45, 2.75) is 0 Å². The van der Waals surface area contributed by atoms with E-state index in [4.69, 9.17) is 14.4 Å². The van der Waals surface area contributed by atoms with Crippen LogP contribution in [-0.4, -0.2) is 20.2 Å². The number of nitrogens with zero attached hydrogens (tertiary/aromatic N) is 4. The first-order chi connectivity index (χ1) is 21.3. The predicted octanol–water partition coefficient (Wildman–Crippen LogP) is 9.50. The minimum atomic E-state index is 0.494. The summed E-state index contributed by atoms with van der Waals surface area (Å²) in [7, 11) is 0. The van der Waals surface area contributed by atoms with Crippen LogP contribution in [0.1, 0.15) is 0 Å². The highest BCUT2D eigenvalue weighted by molar-refractivity contribution is 6.06. The topological polar surface area (TPSA) is 64.7 Å². The van der Waals surface area contributed by atoms with Gasteiger partial charge in [0.25, 0.3) is 0 Å². The van der Waals surface area contributed by atoms with Crippen LogP contribution in [0.25, 0.3) is 78.4 Å². The van der Waals surface area contributed by atoms with Crippen LogP contribution < -0.4 is 0 Å². The smallest absolute Gasteiger partial charge is 0.248 e. The van der Waals surface area contributed by atoms with Crippen LogP contribution in [0.3, 0.4) is 0 Å². The molecule has 0 unspecified atom stereocenters. The molecule has 0 amide bonds. The van der Waals surface area contributed by atoms with Crippen molar-refractivity contribution in [1.82, 2.24) is 20.2 Å². The molecule has 0 spiro atoms. The number of hydrogen-bond acceptors (Lipinski definition) is 5. The summed E-state index contributed by atoms with van der Waals surface area (Å²) in [6, 6.07) is 49.2. The molecule has 5 nitrogen and oxygen atoms in total. The van der Waals surface area contributed by atoms with Crippen molar-refractivity contribution >= 4 is 21.8 Å². The summed E-state index contributed by atoms with van der Waals surface area (Å²) in [5.41, 5.74) is 9.58. The van der Waals surface area contributed by atoms with Crippen molar-refractivity contribution in [3.8, 4) is 56.6 Å². The van der Waals surface area contributed by atoms with Gasteiger partial charge < -0.3 is 4.42 Å². The van der Waals surface area contributed by atoms with Crippen LogP contribution in [0.4, 0.5) is 0 Å². The van der Waals surface area contributed by atoms with Crippen molar-refractivity contribution < 1.29 is 4.42 Å². The first kappa shape index (κ1) is 24.8. The second kappa shape index (κ2) is 10.5. The molecule has 2 heterocycles. The summed E-state index contributed by atoms with van der Waals surface area (Å²) in [4.78, 5) is 10.2. The number of hydrogen-bond donors (Lipinski definition) is 0. The van der Waals surface area contributed by atoms with Gasteiger partial charge in [-0.2, -0.15) is 0 Å². The number of para-hydroxylation sites is 2. The first-order valence-corrected chi connectivity index (χ1v) is 14.2. The van der Waals surface area contributed by atoms with E-state index in [9.17, 15) is 0 Å². The van der Waals surface area contributed by atoms with E-state index >= 15 is 0 Å². The molecule has 0 atom stereocenters. The molecule has 0 saturated heterocycles. The van der Waals surface area contributed by atoms with Crippen molar-refractivity contribution in [3.63, 3.8) is 0 Å². The Kier molecular flexibility index (Phi) is 6.05. The average molecular weight is 553 g/mol. The number of aromatic nitrogens is 4. The van der Waals surface area contributed by atoms with E-state index in [2.05, 4.69) is 70.9 Å². The lowest BCUT2D eigenvalue weighted by atomic mass is 9.92. The normalized spacial score (nSPS) is 11.3. The van der Waals surface area contributed by atoms with Gasteiger partial charge in [-0.1, -0.05) is 109 Å². The van der Waals surface area contributed by atoms with Gasteiger partial charge in [0.15, 0.2) is 0 Å². The largest absolute Gasteiger partial charge is 0.416 e. The third-order valence-electron chi connectivity index (χ3n) is 7.69. The zero-order chi connectivity index (χ0) is 28.6. The minimum Gasteiger partial charge on any atom is -0.416 e. The molecule has 43 heavy (non-hydrogen) atoms. The Hall–Kier alpha value is -5.94. The van der Waals surface area contributed by atoms with Crippen LogP contribution in [-0.2, 0) is 0 Å². The molecule has 0 aliphatic heterocycles. The fourth-order valence-electron chi connectivity index (χ4n) is 5.57. The lowest BCUT2D eigenvalue weighted by Gasteiger charge is -2.15. The maximum Gasteiger partial charge on any atom is 0.248 e. The molecule has 202 valence electrons. The van der Waals surface area contributed by atoms with E-state index in [0.717, 1.165) is 66.6 Å². The Morgan fingerprint density at radius 2 is 0.814 bits per heavy atom. The van der Waals surface area contributed by atoms with Crippen molar-refractivity contribution in [2.75, 3.05) is 0 Å². The zero-order valence-corrected chi connectivity index (χ0v) is 23.1. The van der Waals surface area contributed by atoms with Gasteiger partial charge in [0.1, 0.15) is 0 Å². The van der Waals surface area contributed by atoms with Gasteiger partial charge in [0, 0.05) is 22.3 Å². The number of benzene rings is 6. The molecular formula is C38H24N4O. The Bertz CT molecular complexity index is 2220. The lowest BCUT2D eigenvalue weighted by Crippen LogP contribution is -1.96. The Morgan fingerprint density at radius 3 is 1.47 bits per heavy atom. The van der Waals surface area contributed by atoms with Gasteiger partial charge in [-0.15, -0.1) is 10.2 Å². The third-order valence-corrected chi connectivity index (χ3v) is 7.69. The van der Waals surface area contributed by atoms with Crippen LogP contribution in [0.15, 0.2) is 150 Å². The van der Waals surface area contributed by atoms with Crippen molar-refractivity contribution in [2.24, 2.45) is 0 Å². The maximum atomic E-state index is 5.98. The summed E-state index contributed by atoms with van der Waals surface area (Å²) in [5, 5.41) is 10.8. The Balaban J connectivity index is 1.22. The quantitative estimate of drug-likeness (QED) is 0.213. The van der Waals surface area contributed by atoms with Gasteiger partial charge in [0.2, 0.25) is 11.8 Å². The molecule has 0 bridgehead atoms. The molecule has 0 aliphatic carbocycles. The Labute approximate surface area is 248 Å². The average Bonchev–Trinajstić information content (AvgIpc) is 3.59. The second-order valence-corrected chi connectivity index (χ2v) is 10.3. The van der Waals surface area contributed by atoms with Crippen LogP contribution in [0.2, 0.25) is 0 Å². The van der Waals surface area contributed by atoms with Crippen LogP contribution >= 0.6 is 0 Å². The molecule has 0 fully saturated rings. The summed E-state index contributed by atoms with van der Waals surface area (Å²) in [6.07, 6.45) is 0. The second-order valence-electron chi connectivity index (χ2n) is 10.3. The monoisotopic (exact) mass is 552 g/mol. The molecular weight excluding hydrogens is 528 g/mol. The van der Waals surface area contributed by atoms with E-state index < -0.39 is 0 Å². The lowest BCUT2D eigenvalue weighted by molar-refractivity contribution is 0.584. The summed E-state index contributed by atoms with van der Waals surface area (Å²) in [5.74, 6) is 1.00. The molecule has 0 N–H and O–H groups in total. The van der Waals surface area contributed by atoms with Crippen molar-refractivity contribution in [1.29, 1.82) is 0 Å².